The molecule has 0 spiro atoms. The molecule has 0 saturated heterocycles. The maximum absolute atomic E-state index is 12.1. The first kappa shape index (κ1) is 19.8. The molecule has 0 aliphatic rings. The molecule has 0 bridgehead atoms. The smallest absolute Gasteiger partial charge is 0.387 e. The number of anilines is 1. The summed E-state index contributed by atoms with van der Waals surface area (Å²) >= 11 is 0. The number of amides is 1. The molecular formula is C17H14F2N2O6. The van der Waals surface area contributed by atoms with E-state index in [1.54, 1.807) is 6.07 Å². The minimum Gasteiger partial charge on any atom is -0.455 e. The lowest BCUT2D eigenvalue weighted by Gasteiger charge is -2.08. The molecule has 0 heterocycles. The standard InChI is InChI=1S/C17H14F2N2O6/c18-17(19)27-13-7-5-12(6-8-13)20-15(22)10-26-16(23)9-11-3-1-2-4-14(11)21(24)25/h1-8,17H,9-10H2,(H,20,22). The number of hydrogen-bond donors (Lipinski definition) is 1. The second-order valence-electron chi connectivity index (χ2n) is 5.17. The third-order valence-electron chi connectivity index (χ3n) is 3.25. The van der Waals surface area contributed by atoms with Crippen LogP contribution in [0.1, 0.15) is 5.56 Å². The molecular weight excluding hydrogens is 366 g/mol. The van der Waals surface area contributed by atoms with Crippen molar-refractivity contribution in [3.63, 3.8) is 0 Å². The van der Waals surface area contributed by atoms with Crippen LogP contribution >= 0.6 is 0 Å². The zero-order valence-electron chi connectivity index (χ0n) is 13.8. The van der Waals surface area contributed by atoms with Crippen molar-refractivity contribution in [1.29, 1.82) is 0 Å². The van der Waals surface area contributed by atoms with E-state index in [1.807, 2.05) is 0 Å². The molecule has 1 amide bonds. The van der Waals surface area contributed by atoms with Crippen molar-refractivity contribution >= 4 is 23.3 Å². The van der Waals surface area contributed by atoms with Crippen molar-refractivity contribution in [2.75, 3.05) is 11.9 Å². The summed E-state index contributed by atoms with van der Waals surface area (Å²) in [6.07, 6.45) is -0.357. The highest BCUT2D eigenvalue weighted by Gasteiger charge is 2.17. The number of hydrogen-bond acceptors (Lipinski definition) is 6. The van der Waals surface area contributed by atoms with E-state index in [-0.39, 0.29) is 29.1 Å². The van der Waals surface area contributed by atoms with Crippen molar-refractivity contribution in [1.82, 2.24) is 0 Å². The third-order valence-corrected chi connectivity index (χ3v) is 3.25. The van der Waals surface area contributed by atoms with E-state index < -0.39 is 30.0 Å². The predicted octanol–water partition coefficient (Wildman–Crippen LogP) is 2.92. The summed E-state index contributed by atoms with van der Waals surface area (Å²) in [5, 5.41) is 13.3. The van der Waals surface area contributed by atoms with Crippen LogP contribution in [0.2, 0.25) is 0 Å². The summed E-state index contributed by atoms with van der Waals surface area (Å²) in [5.41, 5.74) is 0.240. The van der Waals surface area contributed by atoms with Crippen LogP contribution in [-0.4, -0.2) is 30.0 Å². The molecule has 10 heteroatoms. The Morgan fingerprint density at radius 2 is 1.78 bits per heavy atom. The molecule has 0 unspecified atom stereocenters. The fourth-order valence-electron chi connectivity index (χ4n) is 2.11. The number of carbonyl (C=O) groups is 2. The van der Waals surface area contributed by atoms with Gasteiger partial charge in [-0.1, -0.05) is 18.2 Å². The highest BCUT2D eigenvalue weighted by Crippen LogP contribution is 2.19. The van der Waals surface area contributed by atoms with Crippen LogP contribution in [0.5, 0.6) is 5.75 Å². The van der Waals surface area contributed by atoms with Crippen LogP contribution in [0, 0.1) is 10.1 Å². The number of esters is 1. The number of nitro groups is 1. The van der Waals surface area contributed by atoms with Crippen molar-refractivity contribution < 1.29 is 32.8 Å². The van der Waals surface area contributed by atoms with Crippen LogP contribution < -0.4 is 10.1 Å². The van der Waals surface area contributed by atoms with Crippen LogP contribution in [0.4, 0.5) is 20.2 Å². The second-order valence-corrected chi connectivity index (χ2v) is 5.17. The fourth-order valence-corrected chi connectivity index (χ4v) is 2.11. The van der Waals surface area contributed by atoms with Gasteiger partial charge in [0.2, 0.25) is 0 Å². The van der Waals surface area contributed by atoms with E-state index >= 15 is 0 Å². The van der Waals surface area contributed by atoms with Crippen LogP contribution in [0.15, 0.2) is 48.5 Å². The third kappa shape index (κ3) is 6.34. The van der Waals surface area contributed by atoms with Gasteiger partial charge in [-0.15, -0.1) is 0 Å². The molecule has 0 aromatic heterocycles. The van der Waals surface area contributed by atoms with Gasteiger partial charge in [0.1, 0.15) is 5.75 Å². The average Bonchev–Trinajstić information content (AvgIpc) is 2.61. The number of nitro benzene ring substituents is 1. The minimum absolute atomic E-state index is 0.0705. The molecule has 0 aliphatic carbocycles. The number of halogens is 2. The Balaban J connectivity index is 1.83. The Morgan fingerprint density at radius 1 is 1.11 bits per heavy atom. The number of benzene rings is 2. The normalized spacial score (nSPS) is 10.3. The zero-order chi connectivity index (χ0) is 19.8. The van der Waals surface area contributed by atoms with Gasteiger partial charge in [0.05, 0.1) is 11.3 Å². The van der Waals surface area contributed by atoms with E-state index in [4.69, 9.17) is 4.74 Å². The van der Waals surface area contributed by atoms with Crippen LogP contribution in [-0.2, 0) is 20.7 Å². The van der Waals surface area contributed by atoms with Gasteiger partial charge >= 0.3 is 12.6 Å². The number of ether oxygens (including phenoxy) is 2. The number of nitrogens with one attached hydrogen (secondary N) is 1. The molecule has 142 valence electrons. The highest BCUT2D eigenvalue weighted by atomic mass is 19.3. The number of rotatable bonds is 8. The van der Waals surface area contributed by atoms with E-state index in [9.17, 15) is 28.5 Å². The molecule has 0 saturated carbocycles. The minimum atomic E-state index is -2.95. The molecule has 0 fully saturated rings. The molecule has 0 radical (unpaired) electrons. The number of nitrogens with zero attached hydrogens (tertiary/aromatic N) is 1. The van der Waals surface area contributed by atoms with Crippen molar-refractivity contribution in [2.45, 2.75) is 13.0 Å². The largest absolute Gasteiger partial charge is 0.455 e. The van der Waals surface area contributed by atoms with Crippen molar-refractivity contribution in [3.05, 3.63) is 64.2 Å². The van der Waals surface area contributed by atoms with Gasteiger partial charge in [0.25, 0.3) is 11.6 Å². The number of carbonyl (C=O) groups excluding carboxylic acids is 2. The van der Waals surface area contributed by atoms with E-state index in [0.29, 0.717) is 0 Å². The maximum atomic E-state index is 12.1. The van der Waals surface area contributed by atoms with Gasteiger partial charge < -0.3 is 14.8 Å². The van der Waals surface area contributed by atoms with Crippen molar-refractivity contribution in [2.24, 2.45) is 0 Å². The molecule has 2 rings (SSSR count). The van der Waals surface area contributed by atoms with E-state index in [1.165, 1.54) is 42.5 Å². The Hall–Kier alpha value is -3.56. The predicted molar refractivity (Wildman–Crippen MR) is 89.5 cm³/mol. The summed E-state index contributed by atoms with van der Waals surface area (Å²) in [7, 11) is 0. The zero-order valence-corrected chi connectivity index (χ0v) is 13.8. The lowest BCUT2D eigenvalue weighted by atomic mass is 10.1. The average molecular weight is 380 g/mol. The first-order valence-electron chi connectivity index (χ1n) is 7.58. The maximum Gasteiger partial charge on any atom is 0.387 e. The summed E-state index contributed by atoms with van der Waals surface area (Å²) in [6.45, 7) is -3.56. The first-order valence-corrected chi connectivity index (χ1v) is 7.58. The van der Waals surface area contributed by atoms with Gasteiger partial charge in [0.15, 0.2) is 6.61 Å². The van der Waals surface area contributed by atoms with Gasteiger partial charge in [-0.3, -0.25) is 19.7 Å². The Kier molecular flexibility index (Phi) is 6.75. The molecule has 2 aromatic rings. The lowest BCUT2D eigenvalue weighted by Crippen LogP contribution is -2.21. The van der Waals surface area contributed by atoms with Gasteiger partial charge in [-0.2, -0.15) is 8.78 Å². The summed E-state index contributed by atoms with van der Waals surface area (Å²) < 4.78 is 33.1. The molecule has 8 nitrogen and oxygen atoms in total. The van der Waals surface area contributed by atoms with Crippen LogP contribution in [0.25, 0.3) is 0 Å². The summed E-state index contributed by atoms with van der Waals surface area (Å²) in [6, 6.07) is 10.8. The Bertz CT molecular complexity index is 826. The van der Waals surface area contributed by atoms with E-state index in [2.05, 4.69) is 10.1 Å². The topological polar surface area (TPSA) is 108 Å². The summed E-state index contributed by atoms with van der Waals surface area (Å²) in [4.78, 5) is 33.8. The molecule has 27 heavy (non-hydrogen) atoms. The Morgan fingerprint density at radius 3 is 2.41 bits per heavy atom. The number of para-hydroxylation sites is 1. The molecule has 0 aliphatic heterocycles. The lowest BCUT2D eigenvalue weighted by molar-refractivity contribution is -0.385. The number of alkyl halides is 2. The molecule has 0 atom stereocenters. The highest BCUT2D eigenvalue weighted by molar-refractivity contribution is 5.93. The summed E-state index contributed by atoms with van der Waals surface area (Å²) in [5.74, 6) is -1.53. The van der Waals surface area contributed by atoms with Crippen molar-refractivity contribution in [3.8, 4) is 5.75 Å². The monoisotopic (exact) mass is 380 g/mol. The van der Waals surface area contributed by atoms with Gasteiger partial charge in [0, 0.05) is 17.3 Å². The molecule has 2 aromatic carbocycles. The Labute approximate surface area is 151 Å². The fraction of sp³-hybridized carbons (Fsp3) is 0.176. The van der Waals surface area contributed by atoms with Crippen LogP contribution in [0.3, 0.4) is 0 Å². The SMILES string of the molecule is O=C(COC(=O)Cc1ccccc1[N+](=O)[O-])Nc1ccc(OC(F)F)cc1. The first-order chi connectivity index (χ1) is 12.8. The molecule has 1 N–H and O–H groups in total. The quantitative estimate of drug-likeness (QED) is 0.429. The van der Waals surface area contributed by atoms with Gasteiger partial charge in [-0.25, -0.2) is 0 Å². The second kappa shape index (κ2) is 9.22. The van der Waals surface area contributed by atoms with Gasteiger partial charge in [-0.05, 0) is 24.3 Å². The van der Waals surface area contributed by atoms with E-state index in [0.717, 1.165) is 0 Å².